The maximum Gasteiger partial charge on any atom is 0.266 e. The van der Waals surface area contributed by atoms with Gasteiger partial charge in [0, 0.05) is 23.9 Å². The van der Waals surface area contributed by atoms with Crippen LogP contribution in [-0.4, -0.2) is 28.9 Å². The minimum Gasteiger partial charge on any atom is -0.397 e. The third-order valence-electron chi connectivity index (χ3n) is 5.34. The van der Waals surface area contributed by atoms with E-state index in [1.807, 2.05) is 4.90 Å². The van der Waals surface area contributed by atoms with E-state index in [1.165, 1.54) is 23.3 Å². The van der Waals surface area contributed by atoms with Crippen LogP contribution < -0.4 is 5.73 Å². The Bertz CT molecular complexity index is 992. The van der Waals surface area contributed by atoms with Gasteiger partial charge in [0.15, 0.2) is 0 Å². The zero-order chi connectivity index (χ0) is 18.4. The number of benzene rings is 1. The molecule has 1 fully saturated rings. The third kappa shape index (κ3) is 2.94. The van der Waals surface area contributed by atoms with Gasteiger partial charge in [-0.3, -0.25) is 4.79 Å². The van der Waals surface area contributed by atoms with Crippen molar-refractivity contribution in [2.75, 3.05) is 18.8 Å². The standard InChI is InChI=1S/C21H25N3OS/c1-12(2)14-6-7-17-15(9-14)10-16-18(22)19(26-20(16)23-17)21(25)24-8-4-5-13(3)11-24/h6-7,9-10,12-13H,4-5,8,11,22H2,1-3H3. The molecule has 136 valence electrons. The van der Waals surface area contributed by atoms with Gasteiger partial charge < -0.3 is 10.6 Å². The van der Waals surface area contributed by atoms with Crippen molar-refractivity contribution in [3.63, 3.8) is 0 Å². The van der Waals surface area contributed by atoms with Gasteiger partial charge in [0.05, 0.1) is 11.2 Å². The van der Waals surface area contributed by atoms with Crippen LogP contribution in [0.2, 0.25) is 0 Å². The molecule has 1 aliphatic heterocycles. The quantitative estimate of drug-likeness (QED) is 0.691. The number of thiophene rings is 1. The Morgan fingerprint density at radius 1 is 1.35 bits per heavy atom. The number of likely N-dealkylation sites (tertiary alicyclic amines) is 1. The molecule has 4 nitrogen and oxygen atoms in total. The fourth-order valence-electron chi connectivity index (χ4n) is 3.76. The molecule has 0 spiro atoms. The minimum absolute atomic E-state index is 0.0592. The number of carbonyl (C=O) groups is 1. The number of nitrogens with two attached hydrogens (primary N) is 1. The Morgan fingerprint density at radius 3 is 2.88 bits per heavy atom. The maximum absolute atomic E-state index is 13.0. The van der Waals surface area contributed by atoms with Crippen LogP contribution in [0.3, 0.4) is 0 Å². The number of piperidine rings is 1. The van der Waals surface area contributed by atoms with E-state index in [4.69, 9.17) is 10.7 Å². The fourth-order valence-corrected chi connectivity index (χ4v) is 4.81. The molecule has 1 atom stereocenters. The zero-order valence-corrected chi connectivity index (χ0v) is 16.4. The number of pyridine rings is 1. The molecule has 1 aromatic carbocycles. The summed E-state index contributed by atoms with van der Waals surface area (Å²) >= 11 is 1.42. The van der Waals surface area contributed by atoms with Gasteiger partial charge in [-0.05, 0) is 48.4 Å². The van der Waals surface area contributed by atoms with Gasteiger partial charge in [-0.15, -0.1) is 11.3 Å². The van der Waals surface area contributed by atoms with Crippen LogP contribution in [0, 0.1) is 5.92 Å². The van der Waals surface area contributed by atoms with Crippen LogP contribution in [-0.2, 0) is 0 Å². The van der Waals surface area contributed by atoms with Crippen molar-refractivity contribution in [3.05, 3.63) is 34.7 Å². The highest BCUT2D eigenvalue weighted by Crippen LogP contribution is 2.36. The summed E-state index contributed by atoms with van der Waals surface area (Å²) in [5, 5.41) is 1.98. The van der Waals surface area contributed by atoms with Crippen molar-refractivity contribution < 1.29 is 4.79 Å². The molecule has 4 rings (SSSR count). The highest BCUT2D eigenvalue weighted by molar-refractivity contribution is 7.21. The summed E-state index contributed by atoms with van der Waals surface area (Å²) in [7, 11) is 0. The van der Waals surface area contributed by atoms with Gasteiger partial charge in [-0.1, -0.05) is 26.8 Å². The predicted octanol–water partition coefficient (Wildman–Crippen LogP) is 5.03. The average Bonchev–Trinajstić information content (AvgIpc) is 2.94. The molecule has 5 heteroatoms. The number of nitrogen functional groups attached to an aromatic ring is 1. The molecule has 0 saturated carbocycles. The molecule has 1 saturated heterocycles. The highest BCUT2D eigenvalue weighted by Gasteiger charge is 2.26. The lowest BCUT2D eigenvalue weighted by Gasteiger charge is -2.30. The summed E-state index contributed by atoms with van der Waals surface area (Å²) in [6, 6.07) is 8.46. The molecule has 1 amide bonds. The number of anilines is 1. The SMILES string of the molecule is CC1CCCN(C(=O)c2sc3nc4ccc(C(C)C)cc4cc3c2N)C1. The molecule has 1 unspecified atom stereocenters. The Balaban J connectivity index is 1.78. The number of nitrogens with zero attached hydrogens (tertiary/aromatic N) is 2. The first-order valence-electron chi connectivity index (χ1n) is 9.36. The maximum atomic E-state index is 13.0. The second-order valence-electron chi connectivity index (χ2n) is 7.79. The number of hydrogen-bond acceptors (Lipinski definition) is 4. The molecular formula is C21H25N3OS. The van der Waals surface area contributed by atoms with Crippen molar-refractivity contribution in [3.8, 4) is 0 Å². The normalized spacial score (nSPS) is 18.2. The first-order chi connectivity index (χ1) is 12.4. The van der Waals surface area contributed by atoms with E-state index in [0.29, 0.717) is 22.4 Å². The largest absolute Gasteiger partial charge is 0.397 e. The number of rotatable bonds is 2. The summed E-state index contributed by atoms with van der Waals surface area (Å²) in [5.41, 5.74) is 9.21. The number of amides is 1. The Labute approximate surface area is 158 Å². The van der Waals surface area contributed by atoms with Crippen LogP contribution in [0.15, 0.2) is 24.3 Å². The monoisotopic (exact) mass is 367 g/mol. The summed E-state index contributed by atoms with van der Waals surface area (Å²) in [6.07, 6.45) is 2.26. The molecular weight excluding hydrogens is 342 g/mol. The second-order valence-corrected chi connectivity index (χ2v) is 8.79. The van der Waals surface area contributed by atoms with Gasteiger partial charge >= 0.3 is 0 Å². The topological polar surface area (TPSA) is 59.2 Å². The summed E-state index contributed by atoms with van der Waals surface area (Å²) in [6.45, 7) is 8.21. The van der Waals surface area contributed by atoms with Crippen LogP contribution in [0.5, 0.6) is 0 Å². The first-order valence-corrected chi connectivity index (χ1v) is 10.2. The number of fused-ring (bicyclic) bond motifs is 2. The average molecular weight is 368 g/mol. The Morgan fingerprint density at radius 2 is 2.15 bits per heavy atom. The second kappa shape index (κ2) is 6.54. The van der Waals surface area contributed by atoms with Gasteiger partial charge in [0.2, 0.25) is 0 Å². The molecule has 26 heavy (non-hydrogen) atoms. The van der Waals surface area contributed by atoms with E-state index in [1.54, 1.807) is 0 Å². The van der Waals surface area contributed by atoms with Crippen LogP contribution in [0.4, 0.5) is 5.69 Å². The van der Waals surface area contributed by atoms with E-state index in [9.17, 15) is 4.79 Å². The predicted molar refractivity (Wildman–Crippen MR) is 110 cm³/mol. The molecule has 1 aliphatic rings. The summed E-state index contributed by atoms with van der Waals surface area (Å²) in [4.78, 5) is 21.2. The fraction of sp³-hybridized carbons (Fsp3) is 0.429. The van der Waals surface area contributed by atoms with Gasteiger partial charge in [-0.2, -0.15) is 0 Å². The highest BCUT2D eigenvalue weighted by atomic mass is 32.1. The number of aromatic nitrogens is 1. The van der Waals surface area contributed by atoms with Crippen molar-refractivity contribution in [1.82, 2.24) is 9.88 Å². The van der Waals surface area contributed by atoms with Gasteiger partial charge in [-0.25, -0.2) is 4.98 Å². The zero-order valence-electron chi connectivity index (χ0n) is 15.6. The van der Waals surface area contributed by atoms with Crippen molar-refractivity contribution in [2.45, 2.75) is 39.5 Å². The first kappa shape index (κ1) is 17.3. The smallest absolute Gasteiger partial charge is 0.266 e. The lowest BCUT2D eigenvalue weighted by atomic mass is 10.00. The number of hydrogen-bond donors (Lipinski definition) is 1. The van der Waals surface area contributed by atoms with Crippen LogP contribution >= 0.6 is 11.3 Å². The minimum atomic E-state index is 0.0592. The molecule has 0 aliphatic carbocycles. The van der Waals surface area contributed by atoms with E-state index < -0.39 is 0 Å². The van der Waals surface area contributed by atoms with Crippen molar-refractivity contribution >= 4 is 44.1 Å². The van der Waals surface area contributed by atoms with E-state index in [0.717, 1.165) is 40.6 Å². The lowest BCUT2D eigenvalue weighted by molar-refractivity contribution is 0.0689. The molecule has 0 bridgehead atoms. The van der Waals surface area contributed by atoms with E-state index >= 15 is 0 Å². The molecule has 2 aromatic heterocycles. The van der Waals surface area contributed by atoms with Crippen LogP contribution in [0.1, 0.15) is 54.8 Å². The molecule has 3 heterocycles. The van der Waals surface area contributed by atoms with Crippen molar-refractivity contribution in [1.29, 1.82) is 0 Å². The van der Waals surface area contributed by atoms with Crippen molar-refractivity contribution in [2.24, 2.45) is 5.92 Å². The van der Waals surface area contributed by atoms with E-state index in [-0.39, 0.29) is 5.91 Å². The molecule has 2 N–H and O–H groups in total. The van der Waals surface area contributed by atoms with Gasteiger partial charge in [0.1, 0.15) is 9.71 Å². The number of carbonyl (C=O) groups excluding carboxylic acids is 1. The van der Waals surface area contributed by atoms with Crippen LogP contribution in [0.25, 0.3) is 21.1 Å². The molecule has 0 radical (unpaired) electrons. The molecule has 3 aromatic rings. The van der Waals surface area contributed by atoms with E-state index in [2.05, 4.69) is 45.0 Å². The third-order valence-corrected chi connectivity index (χ3v) is 6.45. The lowest BCUT2D eigenvalue weighted by Crippen LogP contribution is -2.38. The Kier molecular flexibility index (Phi) is 4.35. The van der Waals surface area contributed by atoms with Gasteiger partial charge in [0.25, 0.3) is 5.91 Å². The Hall–Kier alpha value is -2.14. The summed E-state index contributed by atoms with van der Waals surface area (Å²) < 4.78 is 0. The summed E-state index contributed by atoms with van der Waals surface area (Å²) in [5.74, 6) is 1.08.